The number of ether oxygens (including phenoxy) is 2. The Hall–Kier alpha value is -2.37. The molecule has 6 nitrogen and oxygen atoms in total. The van der Waals surface area contributed by atoms with E-state index in [1.165, 1.54) is 52.9 Å². The van der Waals surface area contributed by atoms with Crippen LogP contribution in [0.3, 0.4) is 0 Å². The van der Waals surface area contributed by atoms with Crippen LogP contribution >= 0.6 is 0 Å². The van der Waals surface area contributed by atoms with Gasteiger partial charge in [-0.25, -0.2) is 0 Å². The van der Waals surface area contributed by atoms with Crippen LogP contribution in [0.2, 0.25) is 0 Å². The molecule has 0 aliphatic rings. The maximum atomic E-state index is 11.9. The quantitative estimate of drug-likeness (QED) is 0.226. The third-order valence-corrected chi connectivity index (χ3v) is 5.40. The number of esters is 2. The minimum absolute atomic E-state index is 0.0275. The van der Waals surface area contributed by atoms with Crippen LogP contribution in [-0.4, -0.2) is 23.9 Å². The van der Waals surface area contributed by atoms with Crippen molar-refractivity contribution in [2.75, 3.05) is 0 Å². The highest BCUT2D eigenvalue weighted by Gasteiger charge is 2.30. The molecule has 1 rings (SSSR count). The van der Waals surface area contributed by atoms with Crippen molar-refractivity contribution >= 4 is 17.8 Å². The molecule has 1 aromatic carbocycles. The summed E-state index contributed by atoms with van der Waals surface area (Å²) in [6.45, 7) is 10.3. The number of aryl methyl sites for hydroxylation is 1. The van der Waals surface area contributed by atoms with Crippen LogP contribution in [0.5, 0.6) is 5.75 Å². The van der Waals surface area contributed by atoms with Crippen LogP contribution in [-0.2, 0) is 25.5 Å². The summed E-state index contributed by atoms with van der Waals surface area (Å²) in [5.74, 6) is -0.551. The Bertz CT molecular complexity index is 744. The van der Waals surface area contributed by atoms with Crippen molar-refractivity contribution < 1.29 is 23.9 Å². The summed E-state index contributed by atoms with van der Waals surface area (Å²) in [5, 5.41) is 2.90. The van der Waals surface area contributed by atoms with E-state index >= 15 is 0 Å². The van der Waals surface area contributed by atoms with E-state index in [2.05, 4.69) is 12.2 Å². The Kier molecular flexibility index (Phi) is 12.7. The van der Waals surface area contributed by atoms with Gasteiger partial charge < -0.3 is 14.8 Å². The second-order valence-corrected chi connectivity index (χ2v) is 8.83. The zero-order valence-electron chi connectivity index (χ0n) is 20.7. The largest absolute Gasteiger partial charge is 0.460 e. The summed E-state index contributed by atoms with van der Waals surface area (Å²) in [4.78, 5) is 35.3. The lowest BCUT2D eigenvalue weighted by atomic mass is 9.91. The molecule has 1 aromatic rings. The Balaban J connectivity index is 3.07. The van der Waals surface area contributed by atoms with E-state index in [1.54, 1.807) is 6.07 Å². The SMILES string of the molecule is CCCCCCCCCc1ccc(C(NC(C)=O)C(OC(C)=O)C(C)C)cc1OC(C)=O. The second kappa shape index (κ2) is 14.6. The van der Waals surface area contributed by atoms with Gasteiger partial charge in [0.05, 0.1) is 6.04 Å². The van der Waals surface area contributed by atoms with Crippen molar-refractivity contribution in [3.63, 3.8) is 0 Å². The van der Waals surface area contributed by atoms with Crippen LogP contribution in [0, 0.1) is 5.92 Å². The summed E-state index contributed by atoms with van der Waals surface area (Å²) in [5.41, 5.74) is 1.70. The van der Waals surface area contributed by atoms with Gasteiger partial charge in [-0.1, -0.05) is 71.4 Å². The third kappa shape index (κ3) is 10.3. The molecule has 0 radical (unpaired) electrons. The molecule has 0 aliphatic carbocycles. The van der Waals surface area contributed by atoms with Gasteiger partial charge >= 0.3 is 11.9 Å². The average molecular weight is 448 g/mol. The van der Waals surface area contributed by atoms with Crippen molar-refractivity contribution in [1.82, 2.24) is 5.32 Å². The first-order valence-corrected chi connectivity index (χ1v) is 11.9. The van der Waals surface area contributed by atoms with Gasteiger partial charge in [0.1, 0.15) is 11.9 Å². The van der Waals surface area contributed by atoms with E-state index in [9.17, 15) is 14.4 Å². The van der Waals surface area contributed by atoms with Crippen molar-refractivity contribution in [3.05, 3.63) is 29.3 Å². The van der Waals surface area contributed by atoms with Gasteiger partial charge in [-0.3, -0.25) is 14.4 Å². The normalized spacial score (nSPS) is 12.8. The van der Waals surface area contributed by atoms with Gasteiger partial charge in [-0.2, -0.15) is 0 Å². The number of amides is 1. The Labute approximate surface area is 193 Å². The molecule has 0 bridgehead atoms. The molecular weight excluding hydrogens is 406 g/mol. The molecular formula is C26H41NO5. The second-order valence-electron chi connectivity index (χ2n) is 8.83. The van der Waals surface area contributed by atoms with E-state index in [1.807, 2.05) is 26.0 Å². The third-order valence-electron chi connectivity index (χ3n) is 5.40. The lowest BCUT2D eigenvalue weighted by Crippen LogP contribution is -2.40. The van der Waals surface area contributed by atoms with Crippen molar-refractivity contribution in [2.45, 2.75) is 105 Å². The molecule has 0 spiro atoms. The van der Waals surface area contributed by atoms with Gasteiger partial charge in [0.2, 0.25) is 5.91 Å². The molecule has 2 atom stereocenters. The monoisotopic (exact) mass is 447 g/mol. The minimum atomic E-state index is -0.546. The molecule has 32 heavy (non-hydrogen) atoms. The number of hydrogen-bond donors (Lipinski definition) is 1. The fourth-order valence-corrected chi connectivity index (χ4v) is 3.85. The van der Waals surface area contributed by atoms with Gasteiger partial charge in [0.25, 0.3) is 0 Å². The first kappa shape index (κ1) is 27.7. The van der Waals surface area contributed by atoms with E-state index in [-0.39, 0.29) is 17.8 Å². The van der Waals surface area contributed by atoms with Gasteiger partial charge in [-0.05, 0) is 36.0 Å². The van der Waals surface area contributed by atoms with E-state index in [0.29, 0.717) is 5.75 Å². The first-order chi connectivity index (χ1) is 15.1. The summed E-state index contributed by atoms with van der Waals surface area (Å²) in [6, 6.07) is 5.11. The number of unbranched alkanes of at least 4 members (excludes halogenated alkanes) is 6. The number of carbonyl (C=O) groups is 3. The van der Waals surface area contributed by atoms with Crippen molar-refractivity contribution in [3.8, 4) is 5.75 Å². The van der Waals surface area contributed by atoms with Crippen molar-refractivity contribution in [1.29, 1.82) is 0 Å². The molecule has 0 fully saturated rings. The molecule has 6 heteroatoms. The fraction of sp³-hybridized carbons (Fsp3) is 0.654. The van der Waals surface area contributed by atoms with Crippen LogP contribution in [0.25, 0.3) is 0 Å². The molecule has 0 saturated heterocycles. The molecule has 0 saturated carbocycles. The van der Waals surface area contributed by atoms with Crippen LogP contribution in [0.4, 0.5) is 0 Å². The van der Waals surface area contributed by atoms with Crippen LogP contribution in [0.15, 0.2) is 18.2 Å². The van der Waals surface area contributed by atoms with Crippen LogP contribution < -0.4 is 10.1 Å². The molecule has 180 valence electrons. The van der Waals surface area contributed by atoms with Gasteiger partial charge in [0.15, 0.2) is 0 Å². The van der Waals surface area contributed by atoms with Crippen LogP contribution in [0.1, 0.15) is 104 Å². The molecule has 0 aliphatic heterocycles. The van der Waals surface area contributed by atoms with E-state index in [0.717, 1.165) is 30.4 Å². The maximum Gasteiger partial charge on any atom is 0.308 e. The van der Waals surface area contributed by atoms with Crippen molar-refractivity contribution in [2.24, 2.45) is 5.92 Å². The van der Waals surface area contributed by atoms with E-state index < -0.39 is 18.1 Å². The standard InChI is InChI=1S/C26H41NO5/c1-7-8-9-10-11-12-13-14-22-15-16-23(17-24(22)31-20(5)29)25(27-19(4)28)26(18(2)3)32-21(6)30/h15-18,25-26H,7-14H2,1-6H3,(H,27,28). The number of benzene rings is 1. The number of nitrogens with one attached hydrogen (secondary N) is 1. The topological polar surface area (TPSA) is 81.7 Å². The maximum absolute atomic E-state index is 11.9. The zero-order chi connectivity index (χ0) is 24.1. The molecule has 0 aromatic heterocycles. The minimum Gasteiger partial charge on any atom is -0.460 e. The highest BCUT2D eigenvalue weighted by molar-refractivity contribution is 5.74. The van der Waals surface area contributed by atoms with Gasteiger partial charge in [-0.15, -0.1) is 0 Å². The highest BCUT2D eigenvalue weighted by Crippen LogP contribution is 2.31. The fourth-order valence-electron chi connectivity index (χ4n) is 3.85. The predicted molar refractivity (Wildman–Crippen MR) is 126 cm³/mol. The summed E-state index contributed by atoms with van der Waals surface area (Å²) in [7, 11) is 0. The highest BCUT2D eigenvalue weighted by atomic mass is 16.5. The summed E-state index contributed by atoms with van der Waals surface area (Å²) < 4.78 is 11.1. The lowest BCUT2D eigenvalue weighted by Gasteiger charge is -2.31. The number of carbonyl (C=O) groups excluding carboxylic acids is 3. The molecule has 2 unspecified atom stereocenters. The molecule has 0 heterocycles. The predicted octanol–water partition coefficient (Wildman–Crippen LogP) is 5.67. The molecule has 1 amide bonds. The molecule has 1 N–H and O–H groups in total. The lowest BCUT2D eigenvalue weighted by molar-refractivity contribution is -0.151. The first-order valence-electron chi connectivity index (χ1n) is 11.9. The van der Waals surface area contributed by atoms with E-state index in [4.69, 9.17) is 9.47 Å². The zero-order valence-corrected chi connectivity index (χ0v) is 20.7. The average Bonchev–Trinajstić information content (AvgIpc) is 2.69. The number of rotatable bonds is 14. The summed E-state index contributed by atoms with van der Waals surface area (Å²) in [6.07, 6.45) is 8.73. The Morgan fingerprint density at radius 2 is 1.53 bits per heavy atom. The Morgan fingerprint density at radius 1 is 0.906 bits per heavy atom. The smallest absolute Gasteiger partial charge is 0.308 e. The Morgan fingerprint density at radius 3 is 2.06 bits per heavy atom. The van der Waals surface area contributed by atoms with Gasteiger partial charge in [0, 0.05) is 20.8 Å². The summed E-state index contributed by atoms with van der Waals surface area (Å²) >= 11 is 0. The number of hydrogen-bond acceptors (Lipinski definition) is 5.